The molecule has 1 aliphatic rings. The van der Waals surface area contributed by atoms with Crippen LogP contribution < -0.4 is 15.0 Å². The Labute approximate surface area is 173 Å². The number of ether oxygens (including phenoxy) is 1. The van der Waals surface area contributed by atoms with E-state index < -0.39 is 0 Å². The summed E-state index contributed by atoms with van der Waals surface area (Å²) in [5, 5.41) is 7.11. The maximum atomic E-state index is 12.3. The van der Waals surface area contributed by atoms with Crippen molar-refractivity contribution in [3.05, 3.63) is 54.6 Å². The van der Waals surface area contributed by atoms with Gasteiger partial charge in [0.15, 0.2) is 0 Å². The Bertz CT molecular complexity index is 969. The summed E-state index contributed by atoms with van der Waals surface area (Å²) in [5.74, 6) is 3.32. The Kier molecular flexibility index (Phi) is 5.95. The van der Waals surface area contributed by atoms with Crippen LogP contribution in [0.2, 0.25) is 0 Å². The molecule has 8 nitrogen and oxygen atoms in total. The lowest BCUT2D eigenvalue weighted by Crippen LogP contribution is -2.32. The molecule has 0 aliphatic carbocycles. The molecule has 0 saturated carbocycles. The first kappa shape index (κ1) is 19.3. The molecular formula is C20H22N6O2S. The van der Waals surface area contributed by atoms with Gasteiger partial charge in [-0.1, -0.05) is 12.1 Å². The van der Waals surface area contributed by atoms with Gasteiger partial charge in [-0.15, -0.1) is 0 Å². The van der Waals surface area contributed by atoms with Crippen LogP contribution in [0.1, 0.15) is 5.56 Å². The molecule has 9 heteroatoms. The second-order valence-corrected chi connectivity index (χ2v) is 7.82. The van der Waals surface area contributed by atoms with E-state index in [1.165, 1.54) is 0 Å². The molecule has 0 unspecified atom stereocenters. The standard InChI is InChI=1S/C20H22N6O2S/c1-28-18-4-2-3-15(9-18)10-19(27)24-16-11-23-26(14-16)20-21-12-17(13-22-20)25-5-7-29-8-6-25/h2-4,9,11-14H,5-8,10H2,1H3,(H,24,27). The normalized spacial score (nSPS) is 13.9. The van der Waals surface area contributed by atoms with Crippen LogP contribution in [-0.4, -0.2) is 57.4 Å². The first-order valence-electron chi connectivity index (χ1n) is 9.34. The molecule has 3 aromatic rings. The molecule has 1 saturated heterocycles. The number of aromatic nitrogens is 4. The van der Waals surface area contributed by atoms with Gasteiger partial charge in [0.1, 0.15) is 5.75 Å². The third kappa shape index (κ3) is 4.86. The summed E-state index contributed by atoms with van der Waals surface area (Å²) in [5.41, 5.74) is 2.50. The summed E-state index contributed by atoms with van der Waals surface area (Å²) < 4.78 is 6.74. The van der Waals surface area contributed by atoms with Crippen LogP contribution in [0.3, 0.4) is 0 Å². The Morgan fingerprint density at radius 2 is 2.00 bits per heavy atom. The van der Waals surface area contributed by atoms with E-state index in [0.29, 0.717) is 11.6 Å². The molecule has 1 N–H and O–H groups in total. The highest BCUT2D eigenvalue weighted by atomic mass is 32.2. The van der Waals surface area contributed by atoms with Gasteiger partial charge in [0.2, 0.25) is 5.91 Å². The van der Waals surface area contributed by atoms with Gasteiger partial charge in [-0.3, -0.25) is 4.79 Å². The maximum Gasteiger partial charge on any atom is 0.250 e. The van der Waals surface area contributed by atoms with E-state index in [1.54, 1.807) is 24.2 Å². The number of carbonyl (C=O) groups is 1. The molecule has 1 fully saturated rings. The van der Waals surface area contributed by atoms with Gasteiger partial charge in [0.25, 0.3) is 5.95 Å². The minimum absolute atomic E-state index is 0.128. The highest BCUT2D eigenvalue weighted by Gasteiger charge is 2.13. The number of nitrogens with zero attached hydrogens (tertiary/aromatic N) is 5. The van der Waals surface area contributed by atoms with Crippen LogP contribution in [0.4, 0.5) is 11.4 Å². The van der Waals surface area contributed by atoms with Crippen molar-refractivity contribution >= 4 is 29.0 Å². The summed E-state index contributed by atoms with van der Waals surface area (Å²) >= 11 is 1.97. The molecule has 4 rings (SSSR count). The summed E-state index contributed by atoms with van der Waals surface area (Å²) in [6, 6.07) is 7.45. The van der Waals surface area contributed by atoms with Gasteiger partial charge in [-0.25, -0.2) is 14.6 Å². The SMILES string of the molecule is COc1cccc(CC(=O)Nc2cnn(-c3ncc(N4CCSCC4)cn3)c2)c1. The highest BCUT2D eigenvalue weighted by molar-refractivity contribution is 7.99. The van der Waals surface area contributed by atoms with Crippen LogP contribution >= 0.6 is 11.8 Å². The second kappa shape index (κ2) is 8.95. The van der Waals surface area contributed by atoms with Crippen LogP contribution in [0.5, 0.6) is 5.75 Å². The Hall–Kier alpha value is -3.07. The van der Waals surface area contributed by atoms with Crippen molar-refractivity contribution in [1.29, 1.82) is 0 Å². The topological polar surface area (TPSA) is 85.2 Å². The number of carbonyl (C=O) groups excluding carboxylic acids is 1. The Balaban J connectivity index is 1.38. The smallest absolute Gasteiger partial charge is 0.250 e. The molecule has 1 aromatic carbocycles. The van der Waals surface area contributed by atoms with Crippen LogP contribution in [-0.2, 0) is 11.2 Å². The summed E-state index contributed by atoms with van der Waals surface area (Å²) in [7, 11) is 1.60. The third-order valence-electron chi connectivity index (χ3n) is 4.57. The third-order valence-corrected chi connectivity index (χ3v) is 5.51. The van der Waals surface area contributed by atoms with Gasteiger partial charge in [0.05, 0.1) is 49.7 Å². The molecule has 1 aliphatic heterocycles. The van der Waals surface area contributed by atoms with E-state index in [9.17, 15) is 4.79 Å². The molecule has 0 bridgehead atoms. The fourth-order valence-electron chi connectivity index (χ4n) is 3.09. The lowest BCUT2D eigenvalue weighted by atomic mass is 10.1. The van der Waals surface area contributed by atoms with Gasteiger partial charge >= 0.3 is 0 Å². The lowest BCUT2D eigenvalue weighted by Gasteiger charge is -2.27. The van der Waals surface area contributed by atoms with E-state index in [2.05, 4.69) is 25.3 Å². The first-order valence-corrected chi connectivity index (χ1v) is 10.5. The second-order valence-electron chi connectivity index (χ2n) is 6.59. The van der Waals surface area contributed by atoms with E-state index >= 15 is 0 Å². The lowest BCUT2D eigenvalue weighted by molar-refractivity contribution is -0.115. The molecule has 0 spiro atoms. The largest absolute Gasteiger partial charge is 0.497 e. The Morgan fingerprint density at radius 1 is 1.21 bits per heavy atom. The number of amides is 1. The number of anilines is 2. The van der Waals surface area contributed by atoms with Gasteiger partial charge in [0, 0.05) is 24.6 Å². The van der Waals surface area contributed by atoms with E-state index in [1.807, 2.05) is 48.4 Å². The number of nitrogens with one attached hydrogen (secondary N) is 1. The molecule has 0 radical (unpaired) electrons. The average Bonchev–Trinajstić information content (AvgIpc) is 3.23. The van der Waals surface area contributed by atoms with Gasteiger partial charge in [-0.05, 0) is 17.7 Å². The summed E-state index contributed by atoms with van der Waals surface area (Å²) in [6.07, 6.45) is 7.18. The fourth-order valence-corrected chi connectivity index (χ4v) is 3.99. The number of methoxy groups -OCH3 is 1. The zero-order chi connectivity index (χ0) is 20.1. The fraction of sp³-hybridized carbons (Fsp3) is 0.300. The van der Waals surface area contributed by atoms with Crippen molar-refractivity contribution in [1.82, 2.24) is 19.7 Å². The number of thioether (sulfide) groups is 1. The average molecular weight is 411 g/mol. The Morgan fingerprint density at radius 3 is 2.76 bits per heavy atom. The zero-order valence-electron chi connectivity index (χ0n) is 16.1. The van der Waals surface area contributed by atoms with Crippen molar-refractivity contribution in [2.75, 3.05) is 41.9 Å². The quantitative estimate of drug-likeness (QED) is 0.668. The van der Waals surface area contributed by atoms with E-state index in [0.717, 1.165) is 41.6 Å². The molecule has 29 heavy (non-hydrogen) atoms. The molecule has 2 aromatic heterocycles. The van der Waals surface area contributed by atoms with Gasteiger partial charge < -0.3 is 15.0 Å². The number of rotatable bonds is 6. The minimum Gasteiger partial charge on any atom is -0.497 e. The highest BCUT2D eigenvalue weighted by Crippen LogP contribution is 2.18. The van der Waals surface area contributed by atoms with Crippen LogP contribution in [0.15, 0.2) is 49.1 Å². The van der Waals surface area contributed by atoms with E-state index in [-0.39, 0.29) is 12.3 Å². The van der Waals surface area contributed by atoms with Crippen molar-refractivity contribution < 1.29 is 9.53 Å². The number of hydrogen-bond donors (Lipinski definition) is 1. The predicted octanol–water partition coefficient (Wildman–Crippen LogP) is 2.41. The minimum atomic E-state index is -0.128. The monoisotopic (exact) mass is 410 g/mol. The predicted molar refractivity (Wildman–Crippen MR) is 114 cm³/mol. The zero-order valence-corrected chi connectivity index (χ0v) is 16.9. The van der Waals surface area contributed by atoms with Crippen LogP contribution in [0, 0.1) is 0 Å². The first-order chi connectivity index (χ1) is 14.2. The molecular weight excluding hydrogens is 388 g/mol. The summed E-state index contributed by atoms with van der Waals surface area (Å²) in [4.78, 5) is 23.4. The maximum absolute atomic E-state index is 12.3. The number of hydrogen-bond acceptors (Lipinski definition) is 7. The van der Waals surface area contributed by atoms with Crippen molar-refractivity contribution in [2.24, 2.45) is 0 Å². The molecule has 150 valence electrons. The molecule has 3 heterocycles. The van der Waals surface area contributed by atoms with Crippen LogP contribution in [0.25, 0.3) is 5.95 Å². The van der Waals surface area contributed by atoms with Gasteiger partial charge in [-0.2, -0.15) is 16.9 Å². The van der Waals surface area contributed by atoms with Crippen molar-refractivity contribution in [3.63, 3.8) is 0 Å². The molecule has 1 amide bonds. The molecule has 0 atom stereocenters. The van der Waals surface area contributed by atoms with E-state index in [4.69, 9.17) is 4.74 Å². The van der Waals surface area contributed by atoms with Crippen molar-refractivity contribution in [3.8, 4) is 11.7 Å². The number of benzene rings is 1. The summed E-state index contributed by atoms with van der Waals surface area (Å²) in [6.45, 7) is 2.03. The van der Waals surface area contributed by atoms with Crippen molar-refractivity contribution in [2.45, 2.75) is 6.42 Å².